The Kier molecular flexibility index (Phi) is 13.1. The fourth-order valence-corrected chi connectivity index (χ4v) is 10.9. The minimum Gasteiger partial charge on any atom is -0.464 e. The van der Waals surface area contributed by atoms with Crippen LogP contribution in [0, 0.1) is 23.2 Å². The summed E-state index contributed by atoms with van der Waals surface area (Å²) in [5.41, 5.74) is 9.00. The van der Waals surface area contributed by atoms with Gasteiger partial charge in [0.1, 0.15) is 28.1 Å². The van der Waals surface area contributed by atoms with Crippen LogP contribution in [0.1, 0.15) is 83.9 Å². The predicted octanol–water partition coefficient (Wildman–Crippen LogP) is 4.72. The number of hydrogen-bond donors (Lipinski definition) is 3. The minimum absolute atomic E-state index is 0.0471. The highest BCUT2D eigenvalue weighted by Crippen LogP contribution is 2.43. The van der Waals surface area contributed by atoms with Crippen molar-refractivity contribution in [1.82, 2.24) is 40.1 Å². The number of pyridine rings is 1. The molecule has 4 amide bonds. The number of methoxy groups -OCH3 is 1. The van der Waals surface area contributed by atoms with Gasteiger partial charge < -0.3 is 34.5 Å². The molecule has 7 heterocycles. The Morgan fingerprint density at radius 3 is 2.68 bits per heavy atom. The molecule has 0 spiro atoms. The average Bonchev–Trinajstić information content (AvgIpc) is 4.03. The highest BCUT2D eigenvalue weighted by molar-refractivity contribution is 7.19. The van der Waals surface area contributed by atoms with Gasteiger partial charge in [0, 0.05) is 80.4 Å². The maximum atomic E-state index is 14.6. The summed E-state index contributed by atoms with van der Waals surface area (Å²) in [6.07, 6.45) is 3.55. The third kappa shape index (κ3) is 8.95. The Labute approximate surface area is 383 Å². The number of rotatable bonds is 6. The molecular weight excluding hydrogens is 847 g/mol. The van der Waals surface area contributed by atoms with Crippen molar-refractivity contribution in [3.63, 3.8) is 0 Å². The van der Waals surface area contributed by atoms with Crippen LogP contribution < -0.4 is 16.1 Å². The monoisotopic (exact) mass is 905 g/mol. The van der Waals surface area contributed by atoms with Crippen LogP contribution in [0.25, 0.3) is 32.7 Å². The average molecular weight is 906 g/mol. The molecule has 1 aromatic carbocycles. The normalized spacial score (nSPS) is 23.8. The van der Waals surface area contributed by atoms with E-state index in [9.17, 15) is 24.0 Å². The number of anilines is 1. The summed E-state index contributed by atoms with van der Waals surface area (Å²) in [4.78, 5) is 82.8. The smallest absolute Gasteiger partial charge is 0.324 e. The lowest BCUT2D eigenvalue weighted by atomic mass is 9.84. The van der Waals surface area contributed by atoms with Gasteiger partial charge in [0.2, 0.25) is 11.8 Å². The Hall–Kier alpha value is -5.83. The third-order valence-corrected chi connectivity index (χ3v) is 14.3. The highest BCUT2D eigenvalue weighted by atomic mass is 32.1. The Balaban J connectivity index is 1.25. The van der Waals surface area contributed by atoms with Crippen molar-refractivity contribution in [1.29, 1.82) is 0 Å². The lowest BCUT2D eigenvalue weighted by molar-refractivity contribution is -0.155. The zero-order valence-corrected chi connectivity index (χ0v) is 39.3. The van der Waals surface area contributed by atoms with E-state index in [2.05, 4.69) is 77.5 Å². The number of aryl methyl sites for hydroxylation is 1. The molecule has 6 atom stereocenters. The summed E-state index contributed by atoms with van der Waals surface area (Å²) < 4.78 is 14.2. The van der Waals surface area contributed by atoms with Crippen LogP contribution in [-0.4, -0.2) is 124 Å². The highest BCUT2D eigenvalue weighted by Gasteiger charge is 2.43. The molecule has 3 N–H and O–H groups in total. The van der Waals surface area contributed by atoms with E-state index in [1.165, 1.54) is 21.2 Å². The van der Waals surface area contributed by atoms with Crippen molar-refractivity contribution < 1.29 is 33.4 Å². The number of carbonyl (C=O) groups is 5. The number of ether oxygens (including phenoxy) is 2. The van der Waals surface area contributed by atoms with Crippen LogP contribution in [0.5, 0.6) is 0 Å². The fourth-order valence-electron chi connectivity index (χ4n) is 9.78. The molecule has 0 radical (unpaired) electrons. The number of amides is 4. The molecule has 4 aliphatic heterocycles. The number of likely N-dealkylation sites (tertiary alicyclic amines) is 1. The number of esters is 1. The van der Waals surface area contributed by atoms with Gasteiger partial charge in [0.05, 0.1) is 41.8 Å². The van der Waals surface area contributed by atoms with Crippen LogP contribution in [0.3, 0.4) is 0 Å². The standard InChI is InChI=1S/C48H59N9O7S/c1-9-13-38(58)55-21-18-30(25-55)45(60)54(7)40-27(3)50-44-35-23-36(51-42(40)59)46(61)57-20-12-15-34(53-57)47(62)64-26-48(5,6)24-33-32-22-29(43(52-35)65-44)16-17-37(32)56(10-2)41(33)31-14-11-19-49-39(31)28(4)63-8/h11,14,16-17,19,22,27-28,30,34,36,40,50,53H,10,12,15,18,20-21,23-26H2,1-8H3,(H,51,59)/t27?,28-,30-,34-,36-,40?/m0/s1. The topological polar surface area (TPSA) is 180 Å². The van der Waals surface area contributed by atoms with Crippen LogP contribution >= 0.6 is 11.3 Å². The van der Waals surface area contributed by atoms with Crippen molar-refractivity contribution in [2.75, 3.05) is 45.7 Å². The molecule has 4 aromatic rings. The number of cyclic esters (lactones) is 1. The first-order chi connectivity index (χ1) is 31.1. The van der Waals surface area contributed by atoms with E-state index in [1.807, 2.05) is 19.9 Å². The third-order valence-electron chi connectivity index (χ3n) is 13.2. The van der Waals surface area contributed by atoms with Crippen LogP contribution in [-0.2, 0) is 52.8 Å². The lowest BCUT2D eigenvalue weighted by Crippen LogP contribution is -2.63. The van der Waals surface area contributed by atoms with Crippen molar-refractivity contribution in [2.45, 2.75) is 110 Å². The van der Waals surface area contributed by atoms with Gasteiger partial charge in [-0.3, -0.25) is 34.0 Å². The van der Waals surface area contributed by atoms with Gasteiger partial charge in [-0.15, -0.1) is 0 Å². The quantitative estimate of drug-likeness (QED) is 0.180. The Morgan fingerprint density at radius 1 is 1.12 bits per heavy atom. The van der Waals surface area contributed by atoms with E-state index >= 15 is 0 Å². The van der Waals surface area contributed by atoms with E-state index in [-0.39, 0.29) is 37.5 Å². The molecule has 8 rings (SSSR count). The number of likely N-dealkylation sites (N-methyl/N-ethyl adjacent to an activating group) is 1. The Morgan fingerprint density at radius 2 is 1.92 bits per heavy atom. The SMILES string of the molecule is CC#CC(=O)N1CC[C@H](C(=O)N(C)C2C(=O)N[C@H]3Cc4nc(sc4NC2C)-c2ccc4c(c2)c(c(-c2cccnc2[C@H](C)OC)n4CC)CC(C)(C)COC(=O)[C@@H]2CCCN(N2)C3=O)C1. The van der Waals surface area contributed by atoms with E-state index in [0.717, 1.165) is 44.0 Å². The minimum atomic E-state index is -1.10. The maximum Gasteiger partial charge on any atom is 0.324 e. The van der Waals surface area contributed by atoms with E-state index in [4.69, 9.17) is 19.4 Å². The van der Waals surface area contributed by atoms with Gasteiger partial charge >= 0.3 is 5.97 Å². The first-order valence-corrected chi connectivity index (χ1v) is 23.4. The molecule has 3 aromatic heterocycles. The van der Waals surface area contributed by atoms with Crippen molar-refractivity contribution in [3.05, 3.63) is 53.5 Å². The fraction of sp³-hybridized carbons (Fsp3) is 0.521. The predicted molar refractivity (Wildman–Crippen MR) is 247 cm³/mol. The van der Waals surface area contributed by atoms with E-state index < -0.39 is 53.3 Å². The van der Waals surface area contributed by atoms with Gasteiger partial charge in [-0.2, -0.15) is 0 Å². The molecule has 2 saturated heterocycles. The largest absolute Gasteiger partial charge is 0.464 e. The molecule has 65 heavy (non-hydrogen) atoms. The molecule has 4 aliphatic rings. The molecule has 16 nitrogen and oxygen atoms in total. The summed E-state index contributed by atoms with van der Waals surface area (Å²) in [5.74, 6) is 2.63. The molecule has 0 aliphatic carbocycles. The van der Waals surface area contributed by atoms with Gasteiger partial charge in [-0.1, -0.05) is 31.1 Å². The number of carbonyl (C=O) groups excluding carboxylic acids is 5. The summed E-state index contributed by atoms with van der Waals surface area (Å²) >= 11 is 1.44. The number of fused-ring (bicyclic) bond motifs is 6. The molecule has 17 heteroatoms. The molecule has 0 saturated carbocycles. The van der Waals surface area contributed by atoms with Gasteiger partial charge in [0.25, 0.3) is 11.8 Å². The van der Waals surface area contributed by atoms with Crippen molar-refractivity contribution in [3.8, 4) is 33.7 Å². The maximum absolute atomic E-state index is 14.6. The van der Waals surface area contributed by atoms with E-state index in [0.29, 0.717) is 56.0 Å². The second kappa shape index (κ2) is 18.6. The van der Waals surface area contributed by atoms with Crippen molar-refractivity contribution >= 4 is 56.8 Å². The van der Waals surface area contributed by atoms with Gasteiger partial charge in [-0.25, -0.2) is 10.4 Å². The number of nitrogens with zero attached hydrogens (tertiary/aromatic N) is 6. The molecular formula is C48H59N9O7S. The lowest BCUT2D eigenvalue weighted by Gasteiger charge is -2.36. The molecule has 2 fully saturated rings. The van der Waals surface area contributed by atoms with Crippen LogP contribution in [0.15, 0.2) is 36.5 Å². The number of hydrazine groups is 1. The van der Waals surface area contributed by atoms with Crippen molar-refractivity contribution in [2.24, 2.45) is 11.3 Å². The number of thiazole rings is 1. The van der Waals surface area contributed by atoms with Crippen LogP contribution in [0.4, 0.5) is 5.00 Å². The number of aromatic nitrogens is 3. The summed E-state index contributed by atoms with van der Waals surface area (Å²) in [7, 11) is 3.27. The van der Waals surface area contributed by atoms with Crippen LogP contribution in [0.2, 0.25) is 0 Å². The number of hydrogen-bond acceptors (Lipinski definition) is 12. The summed E-state index contributed by atoms with van der Waals surface area (Å²) in [6.45, 7) is 13.4. The van der Waals surface area contributed by atoms with Gasteiger partial charge in [-0.05, 0) is 95.2 Å². The zero-order chi connectivity index (χ0) is 46.3. The molecule has 7 bridgehead atoms. The Bertz CT molecular complexity index is 2590. The van der Waals surface area contributed by atoms with Gasteiger partial charge in [0.15, 0.2) is 0 Å². The molecule has 344 valence electrons. The second-order valence-electron chi connectivity index (χ2n) is 18.4. The number of benzene rings is 1. The molecule has 2 unspecified atom stereocenters. The summed E-state index contributed by atoms with van der Waals surface area (Å²) in [5, 5.41) is 10.4. The summed E-state index contributed by atoms with van der Waals surface area (Å²) in [6, 6.07) is 6.84. The first-order valence-electron chi connectivity index (χ1n) is 22.6. The van der Waals surface area contributed by atoms with E-state index in [1.54, 1.807) is 32.2 Å². The number of nitrogens with one attached hydrogen (secondary N) is 3. The zero-order valence-electron chi connectivity index (χ0n) is 38.4. The first kappa shape index (κ1) is 45.7. The second-order valence-corrected chi connectivity index (χ2v) is 19.4.